The molecule has 2 aliphatic heterocycles. The number of amides is 3. The molecule has 7 atom stereocenters. The predicted octanol–water partition coefficient (Wildman–Crippen LogP) is 4.43. The van der Waals surface area contributed by atoms with Crippen LogP contribution in [0, 0.1) is 29.6 Å². The Kier molecular flexibility index (Phi) is 7.19. The Labute approximate surface area is 266 Å². The average Bonchev–Trinajstić information content (AvgIpc) is 3.69. The van der Waals surface area contributed by atoms with E-state index in [0.717, 1.165) is 36.2 Å². The van der Waals surface area contributed by atoms with Crippen molar-refractivity contribution < 1.29 is 29.0 Å². The van der Waals surface area contributed by atoms with Gasteiger partial charge in [-0.05, 0) is 66.6 Å². The molecule has 1 aromatic heterocycles. The van der Waals surface area contributed by atoms with E-state index < -0.39 is 36.2 Å². The highest BCUT2D eigenvalue weighted by molar-refractivity contribution is 9.10. The minimum Gasteiger partial charge on any atom is -0.483 e. The molecule has 3 aromatic rings. The van der Waals surface area contributed by atoms with Crippen LogP contribution in [0.1, 0.15) is 22.8 Å². The summed E-state index contributed by atoms with van der Waals surface area (Å²) >= 11 is 12.2. The topological polar surface area (TPSA) is 146 Å². The Morgan fingerprint density at radius 2 is 1.81 bits per heavy atom. The molecule has 10 nitrogen and oxygen atoms in total. The molecule has 0 radical (unpaired) electrons. The number of carboxylic acid groups (broad SMARTS) is 1. The zero-order valence-corrected chi connectivity index (χ0v) is 26.1. The lowest BCUT2D eigenvalue weighted by Gasteiger charge is -2.43. The number of nitrogens with one attached hydrogen (secondary N) is 2. The number of nitrogens with zero attached hydrogens (tertiary/aromatic N) is 1. The molecule has 3 amide bonds. The molecule has 3 heterocycles. The summed E-state index contributed by atoms with van der Waals surface area (Å²) in [6.45, 7) is -0.907. The number of H-pyrrole nitrogens is 1. The fourth-order valence-corrected chi connectivity index (χ4v) is 10.9. The second kappa shape index (κ2) is 10.8. The summed E-state index contributed by atoms with van der Waals surface area (Å²) in [5.74, 6) is -3.90. The summed E-state index contributed by atoms with van der Waals surface area (Å²) < 4.78 is 6.87. The van der Waals surface area contributed by atoms with Gasteiger partial charge in [0.2, 0.25) is 11.8 Å². The van der Waals surface area contributed by atoms with Crippen LogP contribution in [0.15, 0.2) is 56.8 Å². The number of carbonyl (C=O) groups excluding carboxylic acids is 3. The second-order valence-corrected chi connectivity index (χ2v) is 14.7. The van der Waals surface area contributed by atoms with Crippen LogP contribution in [-0.4, -0.2) is 57.1 Å². The third kappa shape index (κ3) is 4.80. The second-order valence-electron chi connectivity index (χ2n) is 11.1. The van der Waals surface area contributed by atoms with Gasteiger partial charge in [-0.1, -0.05) is 38.9 Å². The van der Waals surface area contributed by atoms with Gasteiger partial charge in [0.05, 0.1) is 16.9 Å². The van der Waals surface area contributed by atoms with Crippen molar-refractivity contribution in [3.05, 3.63) is 72.1 Å². The molecule has 43 heavy (non-hydrogen) atoms. The number of thiazole rings is 1. The number of halogens is 2. The Hall–Kier alpha value is -3.13. The monoisotopic (exact) mass is 703 g/mol. The number of hydrogen-bond donors (Lipinski definition) is 3. The number of fused-ring (bicyclic) bond motifs is 9. The van der Waals surface area contributed by atoms with Crippen LogP contribution in [0.3, 0.4) is 0 Å². The van der Waals surface area contributed by atoms with Crippen LogP contribution in [-0.2, 0) is 19.2 Å². The SMILES string of the molecule is O=C(O)CN1C(=O)C2C3CC(C2C1=O)C1C3Sc2[nH]c(=O)sc2[C@@H]1c1cc(Br)ccc1OCC(=O)Nc1ccc(Cl)cc1. The standard InChI is InChI=1S/C29H23BrClN3O7S2/c30-11-1-6-17(41-10-18(35)32-13-4-2-12(31)3-5-13)14(7-11)20-21-15-8-16(24(21)42-26-25(20)43-29(40)33-26)23-22(15)27(38)34(28(23)39)9-19(36)37/h1-7,15-16,20-24H,8-10H2,(H,32,35)(H,33,40)(H,36,37)/t15?,16?,20-,21?,22?,23?,24?/m1/s1. The smallest absolute Gasteiger partial charge is 0.323 e. The van der Waals surface area contributed by atoms with E-state index in [-0.39, 0.29) is 46.3 Å². The highest BCUT2D eigenvalue weighted by atomic mass is 79.9. The fraction of sp³-hybridized carbons (Fsp3) is 0.345. The van der Waals surface area contributed by atoms with Gasteiger partial charge in [-0.25, -0.2) is 0 Å². The van der Waals surface area contributed by atoms with E-state index in [9.17, 15) is 29.1 Å². The number of carboxylic acids is 1. The lowest BCUT2D eigenvalue weighted by atomic mass is 9.68. The van der Waals surface area contributed by atoms with Gasteiger partial charge in [-0.15, -0.1) is 11.8 Å². The van der Waals surface area contributed by atoms with E-state index in [0.29, 0.717) is 22.9 Å². The average molecular weight is 705 g/mol. The molecule has 7 rings (SSSR count). The molecule has 2 aromatic carbocycles. The first-order valence-corrected chi connectivity index (χ1v) is 16.4. The predicted molar refractivity (Wildman–Crippen MR) is 163 cm³/mol. The number of rotatable bonds is 7. The quantitative estimate of drug-likeness (QED) is 0.307. The van der Waals surface area contributed by atoms with Crippen molar-refractivity contribution >= 4 is 80.0 Å². The number of anilines is 1. The van der Waals surface area contributed by atoms with E-state index in [1.54, 1.807) is 30.3 Å². The van der Waals surface area contributed by atoms with Crippen LogP contribution in [0.25, 0.3) is 0 Å². The summed E-state index contributed by atoms with van der Waals surface area (Å²) in [5.41, 5.74) is 1.34. The number of likely N-dealkylation sites (tertiary alicyclic amines) is 1. The zero-order chi connectivity index (χ0) is 30.2. The minimum atomic E-state index is -1.23. The Morgan fingerprint density at radius 1 is 1.09 bits per heavy atom. The summed E-state index contributed by atoms with van der Waals surface area (Å²) in [6.07, 6.45) is 0.666. The number of carbonyl (C=O) groups is 4. The molecule has 14 heteroatoms. The van der Waals surface area contributed by atoms with Crippen molar-refractivity contribution in [2.24, 2.45) is 29.6 Å². The molecule has 3 fully saturated rings. The van der Waals surface area contributed by atoms with Gasteiger partial charge in [0.25, 0.3) is 5.91 Å². The van der Waals surface area contributed by atoms with Crippen LogP contribution in [0.2, 0.25) is 5.02 Å². The molecule has 3 N–H and O–H groups in total. The number of aromatic amines is 1. The third-order valence-electron chi connectivity index (χ3n) is 8.90. The van der Waals surface area contributed by atoms with Crippen LogP contribution in [0.5, 0.6) is 5.75 Å². The van der Waals surface area contributed by atoms with Crippen molar-refractivity contribution in [3.63, 3.8) is 0 Å². The molecule has 2 saturated carbocycles. The van der Waals surface area contributed by atoms with Gasteiger partial charge >= 0.3 is 10.8 Å². The Bertz CT molecular complexity index is 1740. The first-order valence-electron chi connectivity index (χ1n) is 13.5. The van der Waals surface area contributed by atoms with E-state index in [4.69, 9.17) is 16.3 Å². The van der Waals surface area contributed by atoms with E-state index in [1.165, 1.54) is 11.8 Å². The normalized spacial score (nSPS) is 28.4. The Balaban J connectivity index is 1.23. The molecule has 222 valence electrons. The number of aliphatic carboxylic acids is 1. The van der Waals surface area contributed by atoms with Gasteiger partial charge in [0, 0.05) is 36.8 Å². The molecule has 4 aliphatic rings. The minimum absolute atomic E-state index is 0.0736. The van der Waals surface area contributed by atoms with Crippen molar-refractivity contribution in [2.75, 3.05) is 18.5 Å². The molecule has 2 bridgehead atoms. The van der Waals surface area contributed by atoms with Crippen LogP contribution < -0.4 is 14.9 Å². The van der Waals surface area contributed by atoms with E-state index in [2.05, 4.69) is 26.2 Å². The number of hydrogen-bond acceptors (Lipinski definition) is 8. The van der Waals surface area contributed by atoms with Crippen molar-refractivity contribution in [1.82, 2.24) is 9.88 Å². The number of ether oxygens (including phenoxy) is 1. The molecular formula is C29H23BrClN3O7S2. The van der Waals surface area contributed by atoms with Gasteiger partial charge in [0.15, 0.2) is 6.61 Å². The van der Waals surface area contributed by atoms with Gasteiger partial charge < -0.3 is 20.1 Å². The van der Waals surface area contributed by atoms with Crippen LogP contribution >= 0.6 is 50.6 Å². The maximum Gasteiger partial charge on any atom is 0.323 e. The van der Waals surface area contributed by atoms with Gasteiger partial charge in [-0.2, -0.15) is 0 Å². The molecule has 2 aliphatic carbocycles. The number of imide groups is 1. The van der Waals surface area contributed by atoms with Crippen molar-refractivity contribution in [2.45, 2.75) is 22.6 Å². The van der Waals surface area contributed by atoms with Gasteiger partial charge in [-0.3, -0.25) is 28.9 Å². The fourth-order valence-electron chi connectivity index (χ4n) is 7.49. The largest absolute Gasteiger partial charge is 0.483 e. The lowest BCUT2D eigenvalue weighted by molar-refractivity contribution is -0.149. The maximum absolute atomic E-state index is 13.5. The van der Waals surface area contributed by atoms with Crippen molar-refractivity contribution in [3.8, 4) is 5.75 Å². The molecule has 6 unspecified atom stereocenters. The van der Waals surface area contributed by atoms with Gasteiger partial charge in [0.1, 0.15) is 12.3 Å². The number of thioether (sulfide) groups is 1. The maximum atomic E-state index is 13.5. The molecule has 0 spiro atoms. The highest BCUT2D eigenvalue weighted by Gasteiger charge is 2.69. The number of aromatic nitrogens is 1. The highest BCUT2D eigenvalue weighted by Crippen LogP contribution is 2.69. The number of benzene rings is 2. The molecular weight excluding hydrogens is 682 g/mol. The van der Waals surface area contributed by atoms with Crippen molar-refractivity contribution in [1.29, 1.82) is 0 Å². The third-order valence-corrected chi connectivity index (χ3v) is 12.2. The summed E-state index contributed by atoms with van der Waals surface area (Å²) in [7, 11) is 0. The molecule has 1 saturated heterocycles. The van der Waals surface area contributed by atoms with E-state index in [1.807, 2.05) is 12.1 Å². The first-order chi connectivity index (χ1) is 20.6. The summed E-state index contributed by atoms with van der Waals surface area (Å²) in [4.78, 5) is 68.1. The first kappa shape index (κ1) is 28.6. The van der Waals surface area contributed by atoms with E-state index >= 15 is 0 Å². The summed E-state index contributed by atoms with van der Waals surface area (Å²) in [6, 6.07) is 12.2. The zero-order valence-electron chi connectivity index (χ0n) is 22.1. The lowest BCUT2D eigenvalue weighted by Crippen LogP contribution is -2.42. The Morgan fingerprint density at radius 3 is 2.53 bits per heavy atom. The van der Waals surface area contributed by atoms with Crippen LogP contribution in [0.4, 0.5) is 5.69 Å². The summed E-state index contributed by atoms with van der Waals surface area (Å²) in [5, 5.41) is 13.3.